The van der Waals surface area contributed by atoms with E-state index in [1.807, 2.05) is 6.92 Å². The number of hydrogen-bond acceptors (Lipinski definition) is 2. The normalized spacial score (nSPS) is 26.3. The summed E-state index contributed by atoms with van der Waals surface area (Å²) in [6, 6.07) is 2.25. The molecule has 1 aliphatic carbocycles. The summed E-state index contributed by atoms with van der Waals surface area (Å²) < 4.78 is 0. The topological polar surface area (TPSA) is 49.8 Å². The maximum absolute atomic E-state index is 9.07. The van der Waals surface area contributed by atoms with Gasteiger partial charge in [-0.1, -0.05) is 32.8 Å². The Hall–Kier alpha value is -1.23. The molecule has 1 aliphatic rings. The molecule has 0 aromatic rings. The molecule has 0 aromatic heterocycles. The summed E-state index contributed by atoms with van der Waals surface area (Å²) >= 11 is 0. The number of allylic oxidation sites excluding steroid dienone is 3. The zero-order chi connectivity index (χ0) is 10.8. The highest BCUT2D eigenvalue weighted by molar-refractivity contribution is 5.51. The van der Waals surface area contributed by atoms with Crippen LogP contribution in [0.3, 0.4) is 0 Å². The Labute approximate surface area is 86.1 Å². The van der Waals surface area contributed by atoms with Gasteiger partial charge in [-0.05, 0) is 18.9 Å². The number of nitriles is 1. The summed E-state index contributed by atoms with van der Waals surface area (Å²) in [4.78, 5) is 0. The Kier molecular flexibility index (Phi) is 3.00. The predicted molar refractivity (Wildman–Crippen MR) is 58.2 cm³/mol. The molecule has 0 radical (unpaired) electrons. The van der Waals surface area contributed by atoms with Crippen LogP contribution >= 0.6 is 0 Å². The van der Waals surface area contributed by atoms with Gasteiger partial charge in [-0.3, -0.25) is 0 Å². The molecule has 2 N–H and O–H groups in total. The molecule has 0 aromatic carbocycles. The lowest BCUT2D eigenvalue weighted by Gasteiger charge is -2.21. The van der Waals surface area contributed by atoms with Crippen LogP contribution in [0.2, 0.25) is 0 Å². The van der Waals surface area contributed by atoms with Crippen molar-refractivity contribution in [1.82, 2.24) is 0 Å². The summed E-state index contributed by atoms with van der Waals surface area (Å²) in [6.07, 6.45) is 5.45. The maximum atomic E-state index is 9.07. The first-order valence-corrected chi connectivity index (χ1v) is 5.15. The fourth-order valence-electron chi connectivity index (χ4n) is 2.06. The largest absolute Gasteiger partial charge is 0.398 e. The average molecular weight is 190 g/mol. The van der Waals surface area contributed by atoms with E-state index >= 15 is 0 Å². The zero-order valence-electron chi connectivity index (χ0n) is 9.22. The molecule has 0 saturated carbocycles. The first-order chi connectivity index (χ1) is 6.55. The minimum atomic E-state index is -0.112. The number of unbranched alkanes of at least 4 members (excludes halogenated alkanes) is 1. The zero-order valence-corrected chi connectivity index (χ0v) is 9.22. The van der Waals surface area contributed by atoms with Crippen molar-refractivity contribution in [2.75, 3.05) is 0 Å². The van der Waals surface area contributed by atoms with Gasteiger partial charge in [-0.15, -0.1) is 0 Å². The molecule has 76 valence electrons. The van der Waals surface area contributed by atoms with E-state index in [-0.39, 0.29) is 5.41 Å². The minimum Gasteiger partial charge on any atom is -0.398 e. The Morgan fingerprint density at radius 3 is 2.71 bits per heavy atom. The number of hydrogen-bond donors (Lipinski definition) is 1. The summed E-state index contributed by atoms with van der Waals surface area (Å²) in [7, 11) is 0. The third-order valence-corrected chi connectivity index (χ3v) is 2.96. The van der Waals surface area contributed by atoms with E-state index in [1.54, 1.807) is 0 Å². The van der Waals surface area contributed by atoms with E-state index in [9.17, 15) is 0 Å². The van der Waals surface area contributed by atoms with Gasteiger partial charge in [0, 0.05) is 11.1 Å². The second-order valence-electron chi connectivity index (χ2n) is 4.25. The lowest BCUT2D eigenvalue weighted by Crippen LogP contribution is -2.14. The molecule has 0 saturated heterocycles. The molecule has 0 bridgehead atoms. The molecule has 1 atom stereocenters. The van der Waals surface area contributed by atoms with Gasteiger partial charge >= 0.3 is 0 Å². The van der Waals surface area contributed by atoms with Crippen molar-refractivity contribution in [3.8, 4) is 6.07 Å². The van der Waals surface area contributed by atoms with Gasteiger partial charge in [0.2, 0.25) is 0 Å². The summed E-state index contributed by atoms with van der Waals surface area (Å²) in [5.41, 5.74) is 8.25. The Morgan fingerprint density at radius 2 is 2.21 bits per heavy atom. The number of rotatable bonds is 3. The lowest BCUT2D eigenvalue weighted by molar-refractivity contribution is 0.462. The smallest absolute Gasteiger partial charge is 0.0978 e. The highest BCUT2D eigenvalue weighted by Crippen LogP contribution is 2.42. The van der Waals surface area contributed by atoms with Crippen molar-refractivity contribution in [2.45, 2.75) is 40.0 Å². The van der Waals surface area contributed by atoms with Crippen molar-refractivity contribution in [3.63, 3.8) is 0 Å². The quantitative estimate of drug-likeness (QED) is 0.744. The number of nitrogens with zero attached hydrogens (tertiary/aromatic N) is 1. The highest BCUT2D eigenvalue weighted by atomic mass is 14.6. The van der Waals surface area contributed by atoms with Gasteiger partial charge in [0.1, 0.15) is 0 Å². The standard InChI is InChI=1S/C12H18N2/c1-4-5-6-12(3)7-9(2)11(14)10(12)8-13/h7H,4-6,14H2,1-3H3/t12-/m0/s1. The Balaban J connectivity index is 2.97. The first-order valence-electron chi connectivity index (χ1n) is 5.15. The van der Waals surface area contributed by atoms with Crippen LogP contribution in [-0.2, 0) is 0 Å². The van der Waals surface area contributed by atoms with Crippen LogP contribution in [0, 0.1) is 16.7 Å². The molecule has 2 heteroatoms. The van der Waals surface area contributed by atoms with E-state index in [2.05, 4.69) is 26.0 Å². The van der Waals surface area contributed by atoms with Gasteiger partial charge in [0.15, 0.2) is 0 Å². The van der Waals surface area contributed by atoms with E-state index in [4.69, 9.17) is 11.0 Å². The molecular weight excluding hydrogens is 172 g/mol. The van der Waals surface area contributed by atoms with Crippen LogP contribution in [0.5, 0.6) is 0 Å². The first kappa shape index (κ1) is 10.8. The molecule has 0 spiro atoms. The van der Waals surface area contributed by atoms with Gasteiger partial charge in [-0.25, -0.2) is 0 Å². The van der Waals surface area contributed by atoms with Crippen LogP contribution < -0.4 is 5.73 Å². The highest BCUT2D eigenvalue weighted by Gasteiger charge is 2.33. The van der Waals surface area contributed by atoms with Gasteiger partial charge in [-0.2, -0.15) is 5.26 Å². The molecule has 0 fully saturated rings. The molecule has 2 nitrogen and oxygen atoms in total. The van der Waals surface area contributed by atoms with E-state index in [0.717, 1.165) is 30.4 Å². The van der Waals surface area contributed by atoms with E-state index < -0.39 is 0 Å². The van der Waals surface area contributed by atoms with Crippen molar-refractivity contribution in [3.05, 3.63) is 22.9 Å². The fourth-order valence-corrected chi connectivity index (χ4v) is 2.06. The molecular formula is C12H18N2. The van der Waals surface area contributed by atoms with Crippen LogP contribution in [0.4, 0.5) is 0 Å². The van der Waals surface area contributed by atoms with E-state index in [1.165, 1.54) is 0 Å². The monoisotopic (exact) mass is 190 g/mol. The third-order valence-electron chi connectivity index (χ3n) is 2.96. The van der Waals surface area contributed by atoms with Gasteiger partial charge in [0.05, 0.1) is 11.6 Å². The molecule has 14 heavy (non-hydrogen) atoms. The van der Waals surface area contributed by atoms with Crippen molar-refractivity contribution < 1.29 is 0 Å². The van der Waals surface area contributed by atoms with Crippen molar-refractivity contribution >= 4 is 0 Å². The van der Waals surface area contributed by atoms with Crippen LogP contribution in [-0.4, -0.2) is 0 Å². The molecule has 1 rings (SSSR count). The summed E-state index contributed by atoms with van der Waals surface area (Å²) in [5, 5.41) is 9.07. The van der Waals surface area contributed by atoms with Crippen molar-refractivity contribution in [1.29, 1.82) is 5.26 Å². The lowest BCUT2D eigenvalue weighted by atomic mass is 9.80. The minimum absolute atomic E-state index is 0.112. The molecule has 0 aliphatic heterocycles. The molecule has 0 heterocycles. The Bertz CT molecular complexity index is 331. The van der Waals surface area contributed by atoms with Crippen LogP contribution in [0.1, 0.15) is 40.0 Å². The molecule has 0 unspecified atom stereocenters. The number of nitrogens with two attached hydrogens (primary N) is 1. The molecule has 0 amide bonds. The van der Waals surface area contributed by atoms with Gasteiger partial charge in [0.25, 0.3) is 0 Å². The fraction of sp³-hybridized carbons (Fsp3) is 0.583. The summed E-state index contributed by atoms with van der Waals surface area (Å²) in [5.74, 6) is 0. The summed E-state index contributed by atoms with van der Waals surface area (Å²) in [6.45, 7) is 6.24. The second-order valence-corrected chi connectivity index (χ2v) is 4.25. The van der Waals surface area contributed by atoms with Gasteiger partial charge < -0.3 is 5.73 Å². The SMILES string of the molecule is CCCC[C@@]1(C)C=C(C)C(N)=C1C#N. The Morgan fingerprint density at radius 1 is 1.57 bits per heavy atom. The third kappa shape index (κ3) is 1.68. The maximum Gasteiger partial charge on any atom is 0.0978 e. The van der Waals surface area contributed by atoms with Crippen molar-refractivity contribution in [2.24, 2.45) is 11.1 Å². The van der Waals surface area contributed by atoms with E-state index in [0.29, 0.717) is 5.70 Å². The predicted octanol–water partition coefficient (Wildman–Crippen LogP) is 2.88. The second kappa shape index (κ2) is 3.88. The average Bonchev–Trinajstić information content (AvgIpc) is 2.35. The van der Waals surface area contributed by atoms with Crippen LogP contribution in [0.15, 0.2) is 22.9 Å². The van der Waals surface area contributed by atoms with Crippen LogP contribution in [0.25, 0.3) is 0 Å².